The van der Waals surface area contributed by atoms with Crippen LogP contribution in [-0.4, -0.2) is 44.0 Å². The maximum Gasteiger partial charge on any atom is 0.239 e. The van der Waals surface area contributed by atoms with Crippen LogP contribution in [0.1, 0.15) is 12.8 Å². The van der Waals surface area contributed by atoms with Gasteiger partial charge in [0.1, 0.15) is 0 Å². The summed E-state index contributed by atoms with van der Waals surface area (Å²) in [7, 11) is 2.14. The van der Waals surface area contributed by atoms with Crippen LogP contribution < -0.4 is 10.6 Å². The van der Waals surface area contributed by atoms with Crippen molar-refractivity contribution in [2.75, 3.05) is 38.5 Å². The van der Waals surface area contributed by atoms with Gasteiger partial charge < -0.3 is 15.5 Å². The van der Waals surface area contributed by atoms with Crippen molar-refractivity contribution in [2.45, 2.75) is 12.8 Å². The molecule has 0 radical (unpaired) electrons. The second-order valence-corrected chi connectivity index (χ2v) is 6.35. The van der Waals surface area contributed by atoms with Gasteiger partial charge in [0.05, 0.1) is 6.54 Å². The predicted molar refractivity (Wildman–Crippen MR) is 85.9 cm³/mol. The summed E-state index contributed by atoms with van der Waals surface area (Å²) in [4.78, 5) is 14.1. The third-order valence-electron chi connectivity index (χ3n) is 3.61. The molecule has 1 aliphatic heterocycles. The van der Waals surface area contributed by atoms with Gasteiger partial charge in [0.2, 0.25) is 5.91 Å². The molecule has 0 spiro atoms. The number of halogens is 1. The van der Waals surface area contributed by atoms with Crippen molar-refractivity contribution in [3.05, 3.63) is 28.7 Å². The van der Waals surface area contributed by atoms with Crippen LogP contribution in [0.15, 0.2) is 28.7 Å². The fraction of sp³-hybridized carbons (Fsp3) is 0.533. The Morgan fingerprint density at radius 2 is 2.15 bits per heavy atom. The normalized spacial score (nSPS) is 19.6. The molecule has 20 heavy (non-hydrogen) atoms. The van der Waals surface area contributed by atoms with E-state index >= 15 is 0 Å². The molecule has 1 saturated heterocycles. The van der Waals surface area contributed by atoms with Crippen LogP contribution in [0.2, 0.25) is 0 Å². The Balaban J connectivity index is 1.66. The van der Waals surface area contributed by atoms with Gasteiger partial charge in [0.25, 0.3) is 0 Å². The van der Waals surface area contributed by atoms with E-state index in [9.17, 15) is 4.79 Å². The number of hydrogen-bond donors (Lipinski definition) is 2. The minimum atomic E-state index is 0.0566. The molecule has 1 atom stereocenters. The second kappa shape index (κ2) is 7.64. The lowest BCUT2D eigenvalue weighted by molar-refractivity contribution is -0.119. The minimum Gasteiger partial charge on any atom is -0.376 e. The topological polar surface area (TPSA) is 44.4 Å². The molecule has 0 aromatic heterocycles. The number of nitrogens with one attached hydrogen (secondary N) is 2. The molecule has 0 aliphatic carbocycles. The van der Waals surface area contributed by atoms with Gasteiger partial charge in [-0.25, -0.2) is 0 Å². The van der Waals surface area contributed by atoms with Crippen LogP contribution in [0.25, 0.3) is 0 Å². The highest BCUT2D eigenvalue weighted by atomic mass is 79.9. The van der Waals surface area contributed by atoms with Gasteiger partial charge in [-0.2, -0.15) is 0 Å². The van der Waals surface area contributed by atoms with E-state index < -0.39 is 0 Å². The molecule has 1 aliphatic rings. The molecule has 110 valence electrons. The van der Waals surface area contributed by atoms with Gasteiger partial charge in [-0.05, 0) is 56.6 Å². The van der Waals surface area contributed by atoms with E-state index in [1.165, 1.54) is 19.4 Å². The zero-order valence-electron chi connectivity index (χ0n) is 11.9. The lowest BCUT2D eigenvalue weighted by Crippen LogP contribution is -2.40. The van der Waals surface area contributed by atoms with Crippen molar-refractivity contribution in [2.24, 2.45) is 5.92 Å². The van der Waals surface area contributed by atoms with E-state index in [4.69, 9.17) is 0 Å². The van der Waals surface area contributed by atoms with Crippen LogP contribution in [0.5, 0.6) is 0 Å². The summed E-state index contributed by atoms with van der Waals surface area (Å²) < 4.78 is 1.04. The predicted octanol–water partition coefficient (Wildman–Crippen LogP) is 2.32. The average Bonchev–Trinajstić information content (AvgIpc) is 2.45. The number of rotatable bonds is 5. The molecule has 0 unspecified atom stereocenters. The molecule has 4 nitrogen and oxygen atoms in total. The molecule has 1 fully saturated rings. The Morgan fingerprint density at radius 3 is 2.85 bits per heavy atom. The number of anilines is 1. The highest BCUT2D eigenvalue weighted by molar-refractivity contribution is 9.10. The molecule has 0 bridgehead atoms. The first-order valence-corrected chi connectivity index (χ1v) is 7.87. The summed E-state index contributed by atoms with van der Waals surface area (Å²) in [6.07, 6.45) is 2.44. The van der Waals surface area contributed by atoms with Gasteiger partial charge in [-0.15, -0.1) is 0 Å². The Labute approximate surface area is 129 Å². The number of nitrogens with zero attached hydrogens (tertiary/aromatic N) is 1. The number of likely N-dealkylation sites (tertiary alicyclic amines) is 1. The van der Waals surface area contributed by atoms with E-state index in [-0.39, 0.29) is 5.91 Å². The van der Waals surface area contributed by atoms with E-state index in [0.717, 1.165) is 23.2 Å². The number of piperidine rings is 1. The second-order valence-electron chi connectivity index (χ2n) is 5.44. The van der Waals surface area contributed by atoms with Gasteiger partial charge in [0.15, 0.2) is 0 Å². The van der Waals surface area contributed by atoms with Crippen LogP contribution in [0.3, 0.4) is 0 Å². The fourth-order valence-corrected chi connectivity index (χ4v) is 2.77. The number of carbonyl (C=O) groups excluding carboxylic acids is 1. The Kier molecular flexibility index (Phi) is 5.86. The Hall–Kier alpha value is -1.07. The minimum absolute atomic E-state index is 0.0566. The molecule has 2 N–H and O–H groups in total. The first-order valence-electron chi connectivity index (χ1n) is 7.08. The van der Waals surface area contributed by atoms with E-state index in [2.05, 4.69) is 38.5 Å². The van der Waals surface area contributed by atoms with Gasteiger partial charge in [0, 0.05) is 23.2 Å². The Morgan fingerprint density at radius 1 is 1.40 bits per heavy atom. The number of carbonyl (C=O) groups is 1. The first kappa shape index (κ1) is 15.3. The standard InChI is InChI=1S/C15H22BrN3O/c1-19-8-2-3-12(11-19)9-18-15(20)10-17-14-6-4-13(16)5-7-14/h4-7,12,17H,2-3,8-11H2,1H3,(H,18,20)/t12-/m1/s1. The summed E-state index contributed by atoms with van der Waals surface area (Å²) in [6, 6.07) is 7.82. The maximum atomic E-state index is 11.8. The van der Waals surface area contributed by atoms with Crippen molar-refractivity contribution >= 4 is 27.5 Å². The lowest BCUT2D eigenvalue weighted by Gasteiger charge is -2.29. The molecule has 1 heterocycles. The van der Waals surface area contributed by atoms with Crippen molar-refractivity contribution in [1.82, 2.24) is 10.2 Å². The Bertz CT molecular complexity index is 435. The zero-order chi connectivity index (χ0) is 14.4. The number of amides is 1. The van der Waals surface area contributed by atoms with E-state index in [1.54, 1.807) is 0 Å². The monoisotopic (exact) mass is 339 g/mol. The van der Waals surface area contributed by atoms with Crippen molar-refractivity contribution in [3.8, 4) is 0 Å². The first-order chi connectivity index (χ1) is 9.63. The van der Waals surface area contributed by atoms with Crippen LogP contribution in [0.4, 0.5) is 5.69 Å². The smallest absolute Gasteiger partial charge is 0.239 e. The third kappa shape index (κ3) is 5.13. The molecule has 5 heteroatoms. The largest absolute Gasteiger partial charge is 0.376 e. The van der Waals surface area contributed by atoms with Gasteiger partial charge in [-0.3, -0.25) is 4.79 Å². The molecule has 0 saturated carbocycles. The summed E-state index contributed by atoms with van der Waals surface area (Å²) in [5.74, 6) is 0.645. The number of hydrogen-bond acceptors (Lipinski definition) is 3. The SMILES string of the molecule is CN1CCC[C@H](CNC(=O)CNc2ccc(Br)cc2)C1. The van der Waals surface area contributed by atoms with E-state index in [0.29, 0.717) is 12.5 Å². The molecular formula is C15H22BrN3O. The zero-order valence-corrected chi connectivity index (χ0v) is 13.4. The number of benzene rings is 1. The summed E-state index contributed by atoms with van der Waals surface area (Å²) >= 11 is 3.39. The highest BCUT2D eigenvalue weighted by Gasteiger charge is 2.17. The van der Waals surface area contributed by atoms with Crippen LogP contribution in [-0.2, 0) is 4.79 Å². The van der Waals surface area contributed by atoms with Crippen molar-refractivity contribution in [1.29, 1.82) is 0 Å². The highest BCUT2D eigenvalue weighted by Crippen LogP contribution is 2.14. The third-order valence-corrected chi connectivity index (χ3v) is 4.14. The van der Waals surface area contributed by atoms with Gasteiger partial charge in [-0.1, -0.05) is 15.9 Å². The van der Waals surface area contributed by atoms with Crippen molar-refractivity contribution < 1.29 is 4.79 Å². The quantitative estimate of drug-likeness (QED) is 0.865. The molecule has 1 aromatic carbocycles. The van der Waals surface area contributed by atoms with E-state index in [1.807, 2.05) is 24.3 Å². The maximum absolute atomic E-state index is 11.8. The lowest BCUT2D eigenvalue weighted by atomic mass is 9.98. The summed E-state index contributed by atoms with van der Waals surface area (Å²) in [5, 5.41) is 6.14. The van der Waals surface area contributed by atoms with Crippen LogP contribution >= 0.6 is 15.9 Å². The molecular weight excluding hydrogens is 318 g/mol. The van der Waals surface area contributed by atoms with Gasteiger partial charge >= 0.3 is 0 Å². The molecule has 1 aromatic rings. The molecule has 2 rings (SSSR count). The fourth-order valence-electron chi connectivity index (χ4n) is 2.51. The summed E-state index contributed by atoms with van der Waals surface area (Å²) in [5.41, 5.74) is 0.959. The average molecular weight is 340 g/mol. The summed E-state index contributed by atoms with van der Waals surface area (Å²) in [6.45, 7) is 3.37. The van der Waals surface area contributed by atoms with Crippen LogP contribution in [0, 0.1) is 5.92 Å². The molecule has 1 amide bonds. The van der Waals surface area contributed by atoms with Crippen molar-refractivity contribution in [3.63, 3.8) is 0 Å².